The molecule has 0 atom stereocenters. The fourth-order valence-electron chi connectivity index (χ4n) is 2.92. The second kappa shape index (κ2) is 11.0. The molecule has 1 N–H and O–H groups in total. The summed E-state index contributed by atoms with van der Waals surface area (Å²) in [7, 11) is 1.61. The lowest BCUT2D eigenvalue weighted by molar-refractivity contribution is -0.118. The van der Waals surface area contributed by atoms with E-state index in [0.717, 1.165) is 17.9 Å². The Hall–Kier alpha value is -2.84. The maximum absolute atomic E-state index is 12.6. The third-order valence-corrected chi connectivity index (χ3v) is 5.64. The van der Waals surface area contributed by atoms with E-state index in [4.69, 9.17) is 16.3 Å². The van der Waals surface area contributed by atoms with Gasteiger partial charge in [0, 0.05) is 36.5 Å². The smallest absolute Gasteiger partial charge is 0.216 e. The van der Waals surface area contributed by atoms with Crippen molar-refractivity contribution in [2.24, 2.45) is 0 Å². The Bertz CT molecular complexity index is 1050. The van der Waals surface area contributed by atoms with Crippen LogP contribution in [0.5, 0.6) is 5.75 Å². The van der Waals surface area contributed by atoms with Crippen LogP contribution >= 0.6 is 23.4 Å². The van der Waals surface area contributed by atoms with Gasteiger partial charge in [0.05, 0.1) is 18.6 Å². The van der Waals surface area contributed by atoms with Gasteiger partial charge in [-0.3, -0.25) is 14.2 Å². The van der Waals surface area contributed by atoms with Crippen molar-refractivity contribution in [3.63, 3.8) is 0 Å². The molecule has 162 valence electrons. The molecule has 0 unspecified atom stereocenters. The summed E-state index contributed by atoms with van der Waals surface area (Å²) in [6, 6.07) is 14.4. The first-order valence-electron chi connectivity index (χ1n) is 9.72. The highest BCUT2D eigenvalue weighted by molar-refractivity contribution is 7.99. The molecule has 0 fully saturated rings. The summed E-state index contributed by atoms with van der Waals surface area (Å²) < 4.78 is 7.28. The van der Waals surface area contributed by atoms with Crippen molar-refractivity contribution in [1.82, 2.24) is 20.1 Å². The normalized spacial score (nSPS) is 10.7. The molecule has 3 aromatic rings. The molecular formula is C22H23ClN4O3S. The number of thioether (sulfide) groups is 1. The number of ketones is 1. The van der Waals surface area contributed by atoms with Crippen molar-refractivity contribution >= 4 is 35.1 Å². The molecule has 3 rings (SSSR count). The quantitative estimate of drug-likeness (QED) is 0.281. The molecule has 9 heteroatoms. The van der Waals surface area contributed by atoms with Crippen LogP contribution in [0.25, 0.3) is 5.69 Å². The number of rotatable bonds is 10. The lowest BCUT2D eigenvalue weighted by atomic mass is 10.1. The Morgan fingerprint density at radius 1 is 1.16 bits per heavy atom. The number of methoxy groups -OCH3 is 1. The van der Waals surface area contributed by atoms with E-state index < -0.39 is 0 Å². The van der Waals surface area contributed by atoms with Crippen LogP contribution in [0.1, 0.15) is 29.5 Å². The number of nitrogens with zero attached hydrogens (tertiary/aromatic N) is 3. The van der Waals surface area contributed by atoms with Gasteiger partial charge >= 0.3 is 0 Å². The third kappa shape index (κ3) is 6.32. The molecule has 0 saturated carbocycles. The molecule has 0 radical (unpaired) electrons. The molecule has 7 nitrogen and oxygen atoms in total. The van der Waals surface area contributed by atoms with Crippen molar-refractivity contribution in [3.8, 4) is 11.4 Å². The Kier molecular flexibility index (Phi) is 8.08. The molecular weight excluding hydrogens is 436 g/mol. The average molecular weight is 459 g/mol. The molecule has 1 amide bonds. The molecule has 0 aliphatic heterocycles. The highest BCUT2D eigenvalue weighted by atomic mass is 35.5. The predicted octanol–water partition coefficient (Wildman–Crippen LogP) is 3.97. The summed E-state index contributed by atoms with van der Waals surface area (Å²) in [6.07, 6.45) is 1.34. The van der Waals surface area contributed by atoms with E-state index in [1.807, 2.05) is 28.8 Å². The van der Waals surface area contributed by atoms with Crippen LogP contribution in [0.2, 0.25) is 5.02 Å². The van der Waals surface area contributed by atoms with Crippen LogP contribution in [0.3, 0.4) is 0 Å². The minimum Gasteiger partial charge on any atom is -0.497 e. The van der Waals surface area contributed by atoms with Gasteiger partial charge in [0.25, 0.3) is 0 Å². The molecule has 2 aromatic carbocycles. The fourth-order valence-corrected chi connectivity index (χ4v) is 3.92. The number of halogens is 1. The minimum absolute atomic E-state index is 0.0194. The van der Waals surface area contributed by atoms with E-state index in [-0.39, 0.29) is 17.4 Å². The topological polar surface area (TPSA) is 86.1 Å². The molecule has 0 aliphatic rings. The Labute approximate surface area is 190 Å². The first-order valence-corrected chi connectivity index (χ1v) is 11.1. The number of aryl methyl sites for hydroxylation is 1. The Morgan fingerprint density at radius 2 is 1.94 bits per heavy atom. The zero-order valence-corrected chi connectivity index (χ0v) is 18.9. The minimum atomic E-state index is -0.0637. The Balaban J connectivity index is 1.80. The first-order chi connectivity index (χ1) is 15.0. The number of amides is 1. The zero-order valence-electron chi connectivity index (χ0n) is 17.3. The lowest BCUT2D eigenvalue weighted by Gasteiger charge is -2.11. The van der Waals surface area contributed by atoms with Gasteiger partial charge in [-0.1, -0.05) is 29.4 Å². The van der Waals surface area contributed by atoms with Gasteiger partial charge in [-0.25, -0.2) is 0 Å². The lowest BCUT2D eigenvalue weighted by Crippen LogP contribution is -2.21. The van der Waals surface area contributed by atoms with Crippen LogP contribution in [0.4, 0.5) is 0 Å². The van der Waals surface area contributed by atoms with E-state index in [0.29, 0.717) is 34.5 Å². The summed E-state index contributed by atoms with van der Waals surface area (Å²) in [5.74, 6) is 1.60. The van der Waals surface area contributed by atoms with E-state index in [1.165, 1.54) is 18.7 Å². The molecule has 1 heterocycles. The maximum Gasteiger partial charge on any atom is 0.216 e. The summed E-state index contributed by atoms with van der Waals surface area (Å²) in [4.78, 5) is 23.7. The van der Waals surface area contributed by atoms with E-state index in [2.05, 4.69) is 15.5 Å². The number of ether oxygens (including phenoxy) is 1. The number of benzene rings is 2. The van der Waals surface area contributed by atoms with Crippen molar-refractivity contribution in [1.29, 1.82) is 0 Å². The van der Waals surface area contributed by atoms with Gasteiger partial charge in [-0.05, 0) is 42.8 Å². The Morgan fingerprint density at radius 3 is 2.65 bits per heavy atom. The molecule has 0 saturated heterocycles. The van der Waals surface area contributed by atoms with Gasteiger partial charge < -0.3 is 10.1 Å². The van der Waals surface area contributed by atoms with E-state index >= 15 is 0 Å². The van der Waals surface area contributed by atoms with E-state index in [9.17, 15) is 9.59 Å². The summed E-state index contributed by atoms with van der Waals surface area (Å²) in [6.45, 7) is 2.04. The van der Waals surface area contributed by atoms with Crippen molar-refractivity contribution in [2.75, 3.05) is 19.4 Å². The van der Waals surface area contributed by atoms with Crippen LogP contribution in [-0.4, -0.2) is 45.9 Å². The second-order valence-electron chi connectivity index (χ2n) is 6.74. The number of nitrogens with one attached hydrogen (secondary N) is 1. The summed E-state index contributed by atoms with van der Waals surface area (Å²) in [5.41, 5.74) is 1.44. The number of carbonyl (C=O) groups excluding carboxylic acids is 2. The van der Waals surface area contributed by atoms with Gasteiger partial charge in [0.1, 0.15) is 11.6 Å². The number of Topliss-reactive ketones (excluding diaryl/α,β-unsaturated/α-hetero) is 1. The first kappa shape index (κ1) is 22.8. The summed E-state index contributed by atoms with van der Waals surface area (Å²) in [5, 5.41) is 12.6. The van der Waals surface area contributed by atoms with Crippen molar-refractivity contribution in [3.05, 3.63) is 64.9 Å². The number of hydrogen-bond acceptors (Lipinski definition) is 6. The number of carbonyl (C=O) groups is 2. The summed E-state index contributed by atoms with van der Waals surface area (Å²) >= 11 is 7.23. The molecule has 0 bridgehead atoms. The SMILES string of the molecule is COc1cccc(-n2c(CCCNC(C)=O)nnc2SCC(=O)c2ccc(Cl)cc2)c1. The molecule has 0 spiro atoms. The maximum atomic E-state index is 12.6. The van der Waals surface area contributed by atoms with Crippen LogP contribution in [-0.2, 0) is 11.2 Å². The van der Waals surface area contributed by atoms with Crippen molar-refractivity contribution < 1.29 is 14.3 Å². The van der Waals surface area contributed by atoms with Gasteiger partial charge in [0.15, 0.2) is 10.9 Å². The highest BCUT2D eigenvalue weighted by Crippen LogP contribution is 2.26. The number of hydrogen-bond donors (Lipinski definition) is 1. The van der Waals surface area contributed by atoms with Gasteiger partial charge in [-0.15, -0.1) is 10.2 Å². The second-order valence-corrected chi connectivity index (χ2v) is 8.12. The standard InChI is InChI=1S/C22H23ClN4O3S/c1-15(28)24-12-4-7-21-25-26-22(27(21)18-5-3-6-19(13-18)30-2)31-14-20(29)16-8-10-17(23)11-9-16/h3,5-6,8-11,13H,4,7,12,14H2,1-2H3,(H,24,28). The van der Waals surface area contributed by atoms with Gasteiger partial charge in [0.2, 0.25) is 5.91 Å². The monoisotopic (exact) mass is 458 g/mol. The highest BCUT2D eigenvalue weighted by Gasteiger charge is 2.17. The van der Waals surface area contributed by atoms with E-state index in [1.54, 1.807) is 31.4 Å². The zero-order chi connectivity index (χ0) is 22.2. The van der Waals surface area contributed by atoms with Gasteiger partial charge in [-0.2, -0.15) is 0 Å². The predicted molar refractivity (Wildman–Crippen MR) is 121 cm³/mol. The van der Waals surface area contributed by atoms with Crippen LogP contribution in [0.15, 0.2) is 53.7 Å². The fraction of sp³-hybridized carbons (Fsp3) is 0.273. The molecule has 1 aromatic heterocycles. The van der Waals surface area contributed by atoms with Crippen LogP contribution in [0, 0.1) is 0 Å². The van der Waals surface area contributed by atoms with Crippen LogP contribution < -0.4 is 10.1 Å². The third-order valence-electron chi connectivity index (χ3n) is 4.46. The number of aromatic nitrogens is 3. The molecule has 31 heavy (non-hydrogen) atoms. The van der Waals surface area contributed by atoms with Crippen molar-refractivity contribution in [2.45, 2.75) is 24.9 Å². The average Bonchev–Trinajstić information content (AvgIpc) is 3.18. The largest absolute Gasteiger partial charge is 0.497 e. The molecule has 0 aliphatic carbocycles.